The van der Waals surface area contributed by atoms with Crippen LogP contribution in [0.25, 0.3) is 0 Å². The van der Waals surface area contributed by atoms with E-state index in [2.05, 4.69) is 35.4 Å². The van der Waals surface area contributed by atoms with Gasteiger partial charge in [0.1, 0.15) is 5.69 Å². The number of nitrogens with zero attached hydrogens (tertiary/aromatic N) is 2. The minimum Gasteiger partial charge on any atom is -0.355 e. The normalized spacial score (nSPS) is 13.2. The molecule has 4 rings (SSSR count). The molecule has 0 radical (unpaired) electrons. The predicted molar refractivity (Wildman–Crippen MR) is 105 cm³/mol. The van der Waals surface area contributed by atoms with Crippen molar-refractivity contribution >= 4 is 23.0 Å². The van der Waals surface area contributed by atoms with Crippen LogP contribution in [-0.2, 0) is 6.42 Å². The van der Waals surface area contributed by atoms with E-state index < -0.39 is 0 Å². The molecule has 2 heterocycles. The van der Waals surface area contributed by atoms with Crippen LogP contribution >= 0.6 is 0 Å². The van der Waals surface area contributed by atoms with Crippen LogP contribution in [0.1, 0.15) is 28.0 Å². The summed E-state index contributed by atoms with van der Waals surface area (Å²) in [5, 5.41) is 3.34. The summed E-state index contributed by atoms with van der Waals surface area (Å²) in [4.78, 5) is 19.2. The molecule has 3 aromatic rings. The van der Waals surface area contributed by atoms with E-state index in [9.17, 15) is 4.79 Å². The molecule has 1 N–H and O–H groups in total. The number of para-hydroxylation sites is 1. The van der Waals surface area contributed by atoms with Crippen molar-refractivity contribution < 1.29 is 4.79 Å². The van der Waals surface area contributed by atoms with Gasteiger partial charge in [-0.3, -0.25) is 9.78 Å². The Morgan fingerprint density at radius 3 is 2.69 bits per heavy atom. The predicted octanol–water partition coefficient (Wildman–Crippen LogP) is 4.73. The largest absolute Gasteiger partial charge is 0.355 e. The second-order valence-electron chi connectivity index (χ2n) is 6.61. The summed E-state index contributed by atoms with van der Waals surface area (Å²) in [5.74, 6) is -0.0512. The Morgan fingerprint density at radius 1 is 1.04 bits per heavy atom. The lowest BCUT2D eigenvalue weighted by Crippen LogP contribution is -2.35. The monoisotopic (exact) mass is 343 g/mol. The van der Waals surface area contributed by atoms with Crippen molar-refractivity contribution in [3.8, 4) is 0 Å². The van der Waals surface area contributed by atoms with Gasteiger partial charge >= 0.3 is 0 Å². The quantitative estimate of drug-likeness (QED) is 0.748. The lowest BCUT2D eigenvalue weighted by Gasteiger charge is -2.29. The minimum atomic E-state index is -0.0512. The number of carbonyl (C=O) groups excluding carboxylic acids is 1. The van der Waals surface area contributed by atoms with Crippen LogP contribution in [0.5, 0.6) is 0 Å². The first kappa shape index (κ1) is 16.3. The van der Waals surface area contributed by atoms with Crippen molar-refractivity contribution in [1.29, 1.82) is 0 Å². The summed E-state index contributed by atoms with van der Waals surface area (Å²) < 4.78 is 0. The molecular weight excluding hydrogens is 322 g/mol. The van der Waals surface area contributed by atoms with Gasteiger partial charge in [0.05, 0.1) is 0 Å². The van der Waals surface area contributed by atoms with E-state index in [1.165, 1.54) is 11.1 Å². The van der Waals surface area contributed by atoms with Crippen LogP contribution < -0.4 is 10.2 Å². The van der Waals surface area contributed by atoms with Gasteiger partial charge in [-0.25, -0.2) is 0 Å². The number of hydrogen-bond acceptors (Lipinski definition) is 3. The molecule has 0 aliphatic carbocycles. The van der Waals surface area contributed by atoms with Crippen LogP contribution in [0.4, 0.5) is 17.1 Å². The molecule has 130 valence electrons. The zero-order valence-electron chi connectivity index (χ0n) is 14.8. The number of fused-ring (bicyclic) bond motifs is 1. The fraction of sp³-hybridized carbons (Fsp3) is 0.182. The Kier molecular flexibility index (Phi) is 4.40. The van der Waals surface area contributed by atoms with E-state index >= 15 is 0 Å². The lowest BCUT2D eigenvalue weighted by molar-refractivity contribution is 0.0980. The topological polar surface area (TPSA) is 45.2 Å². The molecule has 0 spiro atoms. The highest BCUT2D eigenvalue weighted by atomic mass is 16.2. The summed E-state index contributed by atoms with van der Waals surface area (Å²) in [6.45, 7) is 2.79. The molecule has 1 amide bonds. The van der Waals surface area contributed by atoms with Crippen molar-refractivity contribution in [2.75, 3.05) is 16.8 Å². The Hall–Kier alpha value is -3.14. The van der Waals surface area contributed by atoms with Crippen molar-refractivity contribution in [2.24, 2.45) is 0 Å². The maximum atomic E-state index is 13.0. The van der Waals surface area contributed by atoms with Gasteiger partial charge in [0, 0.05) is 29.8 Å². The highest BCUT2D eigenvalue weighted by Crippen LogP contribution is 2.28. The van der Waals surface area contributed by atoms with Crippen molar-refractivity contribution in [1.82, 2.24) is 4.98 Å². The molecule has 4 heteroatoms. The maximum absolute atomic E-state index is 13.0. The second kappa shape index (κ2) is 7.00. The third kappa shape index (κ3) is 3.31. The number of anilines is 3. The Balaban J connectivity index is 1.59. The fourth-order valence-corrected chi connectivity index (χ4v) is 3.31. The van der Waals surface area contributed by atoms with Crippen LogP contribution in [0.2, 0.25) is 0 Å². The summed E-state index contributed by atoms with van der Waals surface area (Å²) in [7, 11) is 0. The Bertz CT molecular complexity index is 934. The van der Waals surface area contributed by atoms with Gasteiger partial charge in [0.15, 0.2) is 0 Å². The van der Waals surface area contributed by atoms with Gasteiger partial charge in [-0.2, -0.15) is 0 Å². The summed E-state index contributed by atoms with van der Waals surface area (Å²) >= 11 is 0. The average molecular weight is 343 g/mol. The fourth-order valence-electron chi connectivity index (χ4n) is 3.31. The first-order valence-corrected chi connectivity index (χ1v) is 8.90. The first-order valence-electron chi connectivity index (χ1n) is 8.90. The number of carbonyl (C=O) groups is 1. The van der Waals surface area contributed by atoms with E-state index in [0.717, 1.165) is 36.4 Å². The van der Waals surface area contributed by atoms with Gasteiger partial charge < -0.3 is 10.2 Å². The molecule has 2 aromatic carbocycles. The molecule has 0 fully saturated rings. The number of pyridine rings is 1. The smallest absolute Gasteiger partial charge is 0.276 e. The number of amides is 1. The molecule has 1 aliphatic rings. The molecule has 26 heavy (non-hydrogen) atoms. The molecule has 0 bridgehead atoms. The summed E-state index contributed by atoms with van der Waals surface area (Å²) in [5.41, 5.74) is 5.74. The molecule has 0 unspecified atom stereocenters. The minimum absolute atomic E-state index is 0.0512. The first-order chi connectivity index (χ1) is 12.7. The number of hydrogen-bond donors (Lipinski definition) is 1. The number of rotatable bonds is 3. The molecule has 4 nitrogen and oxygen atoms in total. The van der Waals surface area contributed by atoms with Crippen LogP contribution in [0, 0.1) is 6.92 Å². The number of aromatic nitrogens is 1. The Morgan fingerprint density at radius 2 is 1.85 bits per heavy atom. The van der Waals surface area contributed by atoms with Crippen molar-refractivity contribution in [2.45, 2.75) is 19.8 Å². The van der Waals surface area contributed by atoms with Gasteiger partial charge in [0.25, 0.3) is 5.91 Å². The third-order valence-electron chi connectivity index (χ3n) is 4.67. The summed E-state index contributed by atoms with van der Waals surface area (Å²) in [6.07, 6.45) is 3.67. The molecule has 0 atom stereocenters. The SMILES string of the molecule is Cc1ccc(Nc2ccnc(C(=O)N3CCCc4ccccc43)c2)cc1. The van der Waals surface area contributed by atoms with Gasteiger partial charge in [-0.15, -0.1) is 0 Å². The van der Waals surface area contributed by atoms with Crippen molar-refractivity contribution in [3.63, 3.8) is 0 Å². The van der Waals surface area contributed by atoms with Crippen LogP contribution in [-0.4, -0.2) is 17.4 Å². The standard InChI is InChI=1S/C22H21N3O/c1-16-8-10-18(11-9-16)24-19-12-13-23-20(15-19)22(26)25-14-4-6-17-5-2-3-7-21(17)25/h2-3,5,7-13,15H,4,6,14H2,1H3,(H,23,24). The van der Waals surface area contributed by atoms with Crippen molar-refractivity contribution in [3.05, 3.63) is 83.7 Å². The zero-order chi connectivity index (χ0) is 17.9. The van der Waals surface area contributed by atoms with E-state index in [1.807, 2.05) is 47.4 Å². The maximum Gasteiger partial charge on any atom is 0.276 e. The molecule has 1 aliphatic heterocycles. The van der Waals surface area contributed by atoms with Crippen LogP contribution in [0.3, 0.4) is 0 Å². The highest BCUT2D eigenvalue weighted by molar-refractivity contribution is 6.06. The zero-order valence-corrected chi connectivity index (χ0v) is 14.8. The third-order valence-corrected chi connectivity index (χ3v) is 4.67. The Labute approximate surface area is 153 Å². The van der Waals surface area contributed by atoms with E-state index in [-0.39, 0.29) is 5.91 Å². The highest BCUT2D eigenvalue weighted by Gasteiger charge is 2.24. The molecule has 0 saturated heterocycles. The van der Waals surface area contributed by atoms with E-state index in [0.29, 0.717) is 5.69 Å². The van der Waals surface area contributed by atoms with Gasteiger partial charge in [-0.1, -0.05) is 35.9 Å². The lowest BCUT2D eigenvalue weighted by atomic mass is 10.0. The molecule has 1 aromatic heterocycles. The second-order valence-corrected chi connectivity index (χ2v) is 6.61. The number of nitrogens with one attached hydrogen (secondary N) is 1. The average Bonchev–Trinajstić information content (AvgIpc) is 2.69. The molecule has 0 saturated carbocycles. The van der Waals surface area contributed by atoms with Crippen LogP contribution in [0.15, 0.2) is 66.9 Å². The number of benzene rings is 2. The number of aryl methyl sites for hydroxylation is 2. The molecular formula is C22H21N3O. The van der Waals surface area contributed by atoms with E-state index in [1.54, 1.807) is 6.20 Å². The van der Waals surface area contributed by atoms with Gasteiger partial charge in [-0.05, 0) is 55.7 Å². The summed E-state index contributed by atoms with van der Waals surface area (Å²) in [6, 6.07) is 20.0. The van der Waals surface area contributed by atoms with Gasteiger partial charge in [0.2, 0.25) is 0 Å². The van der Waals surface area contributed by atoms with E-state index in [4.69, 9.17) is 0 Å².